The van der Waals surface area contributed by atoms with Crippen molar-refractivity contribution in [1.82, 2.24) is 0 Å². The lowest BCUT2D eigenvalue weighted by Crippen LogP contribution is -2.28. The highest BCUT2D eigenvalue weighted by Gasteiger charge is 2.31. The molecule has 0 aliphatic heterocycles. The largest absolute Gasteiger partial charge is 0.293 e. The van der Waals surface area contributed by atoms with Gasteiger partial charge in [0, 0.05) is 17.3 Å². The van der Waals surface area contributed by atoms with Gasteiger partial charge in [-0.1, -0.05) is 35.9 Å². The van der Waals surface area contributed by atoms with Crippen LogP contribution in [0.2, 0.25) is 0 Å². The summed E-state index contributed by atoms with van der Waals surface area (Å²) in [4.78, 5) is 26.3. The van der Waals surface area contributed by atoms with Crippen LogP contribution in [0.1, 0.15) is 48.5 Å². The molecule has 2 rings (SSSR count). The Morgan fingerprint density at radius 2 is 1.28 bits per heavy atom. The van der Waals surface area contributed by atoms with Gasteiger partial charge in [-0.25, -0.2) is 0 Å². The predicted octanol–water partition coefficient (Wildman–Crippen LogP) is 5.20. The van der Waals surface area contributed by atoms with Crippen molar-refractivity contribution in [2.45, 2.75) is 34.6 Å². The third-order valence-electron chi connectivity index (χ3n) is 4.54. The van der Waals surface area contributed by atoms with Crippen molar-refractivity contribution in [3.8, 4) is 0 Å². The zero-order valence-corrected chi connectivity index (χ0v) is 16.2. The molecule has 130 valence electrons. The van der Waals surface area contributed by atoms with Crippen molar-refractivity contribution in [2.75, 3.05) is 6.16 Å². The van der Waals surface area contributed by atoms with Gasteiger partial charge in [0.25, 0.3) is 0 Å². The molecular formula is C21H23O3P. The van der Waals surface area contributed by atoms with Crippen LogP contribution in [0.25, 0.3) is 0 Å². The third-order valence-corrected chi connectivity index (χ3v) is 5.06. The molecule has 25 heavy (non-hydrogen) atoms. The summed E-state index contributed by atoms with van der Waals surface area (Å²) < 4.78 is 11.3. The van der Waals surface area contributed by atoms with Gasteiger partial charge in [0.2, 0.25) is 0 Å². The molecule has 0 saturated carbocycles. The minimum Gasteiger partial charge on any atom is -0.293 e. The smallest absolute Gasteiger partial charge is 0.175 e. The van der Waals surface area contributed by atoms with E-state index in [1.54, 1.807) is 0 Å². The lowest BCUT2D eigenvalue weighted by molar-refractivity contribution is 0.0822. The van der Waals surface area contributed by atoms with E-state index in [1.807, 2.05) is 65.0 Å². The van der Waals surface area contributed by atoms with Crippen LogP contribution < -0.4 is 0 Å². The molecule has 2 aromatic rings. The molecule has 0 fully saturated rings. The predicted molar refractivity (Wildman–Crippen MR) is 101 cm³/mol. The summed E-state index contributed by atoms with van der Waals surface area (Å²) in [5.41, 5.74) is 5.58. The van der Waals surface area contributed by atoms with E-state index in [-0.39, 0.29) is 26.2 Å². The van der Waals surface area contributed by atoms with Crippen LogP contribution in [0.4, 0.5) is 0 Å². The number of carbonyl (C=O) groups excluding carboxylic acids is 2. The first-order chi connectivity index (χ1) is 11.8. The number of ketones is 2. The van der Waals surface area contributed by atoms with Crippen LogP contribution in [0.5, 0.6) is 0 Å². The zero-order chi connectivity index (χ0) is 18.7. The molecule has 1 unspecified atom stereocenters. The summed E-state index contributed by atoms with van der Waals surface area (Å²) in [6.07, 6.45) is -0.00179. The average molecular weight is 354 g/mol. The summed E-state index contributed by atoms with van der Waals surface area (Å²) in [5.74, 6) is -1.42. The molecule has 0 radical (unpaired) electrons. The second-order valence-electron chi connectivity index (χ2n) is 6.63. The van der Waals surface area contributed by atoms with Gasteiger partial charge in [0.1, 0.15) is 0 Å². The standard InChI is InChI=1S/C21H23O3P/c1-12-9-15(4)19(16(5)10-12)21(23)17(11-25-24)20(22)18-13(2)7-6-8-14(18)3/h6-10,17H,11H2,1-5H3. The fourth-order valence-electron chi connectivity index (χ4n) is 3.48. The lowest BCUT2D eigenvalue weighted by atomic mass is 9.84. The maximum Gasteiger partial charge on any atom is 0.175 e. The summed E-state index contributed by atoms with van der Waals surface area (Å²) in [6.45, 7) is 9.45. The van der Waals surface area contributed by atoms with Gasteiger partial charge < -0.3 is 0 Å². The molecule has 0 bridgehead atoms. The van der Waals surface area contributed by atoms with Crippen LogP contribution >= 0.6 is 8.46 Å². The highest BCUT2D eigenvalue weighted by atomic mass is 31.1. The SMILES string of the molecule is Cc1cc(C)c(C(=O)C(CP=O)C(=O)c2c(C)cccc2C)c(C)c1. The van der Waals surface area contributed by atoms with Crippen LogP contribution in [0, 0.1) is 40.5 Å². The number of hydrogen-bond acceptors (Lipinski definition) is 3. The number of Topliss-reactive ketones (excluding diaryl/α,β-unsaturated/α-hetero) is 2. The number of carbonyl (C=O) groups is 2. The Morgan fingerprint density at radius 1 is 0.840 bits per heavy atom. The summed E-state index contributed by atoms with van der Waals surface area (Å²) in [5, 5.41) is 0. The van der Waals surface area contributed by atoms with Crippen LogP contribution in [-0.2, 0) is 4.57 Å². The van der Waals surface area contributed by atoms with E-state index in [4.69, 9.17) is 0 Å². The Balaban J connectivity index is 2.53. The molecule has 0 spiro atoms. The molecule has 0 amide bonds. The molecule has 2 aromatic carbocycles. The van der Waals surface area contributed by atoms with Crippen LogP contribution in [-0.4, -0.2) is 17.7 Å². The van der Waals surface area contributed by atoms with Crippen LogP contribution in [0.3, 0.4) is 0 Å². The maximum absolute atomic E-state index is 13.2. The zero-order valence-electron chi connectivity index (χ0n) is 15.3. The molecule has 0 aliphatic rings. The van der Waals surface area contributed by atoms with Gasteiger partial charge in [0.15, 0.2) is 20.0 Å². The Morgan fingerprint density at radius 3 is 1.72 bits per heavy atom. The van der Waals surface area contributed by atoms with Gasteiger partial charge in [-0.15, -0.1) is 0 Å². The minimum atomic E-state index is -0.931. The minimum absolute atomic E-state index is 0.00179. The Hall–Kier alpha value is -2.12. The van der Waals surface area contributed by atoms with Crippen molar-refractivity contribution < 1.29 is 14.2 Å². The van der Waals surface area contributed by atoms with E-state index < -0.39 is 5.92 Å². The lowest BCUT2D eigenvalue weighted by Gasteiger charge is -2.18. The molecule has 0 aromatic heterocycles. The van der Waals surface area contributed by atoms with E-state index >= 15 is 0 Å². The molecule has 0 aliphatic carbocycles. The second kappa shape index (κ2) is 7.84. The second-order valence-corrected chi connectivity index (χ2v) is 7.26. The highest BCUT2D eigenvalue weighted by molar-refractivity contribution is 7.23. The monoisotopic (exact) mass is 354 g/mol. The molecule has 4 heteroatoms. The molecular weight excluding hydrogens is 331 g/mol. The van der Waals surface area contributed by atoms with E-state index in [1.165, 1.54) is 0 Å². The summed E-state index contributed by atoms with van der Waals surface area (Å²) in [6, 6.07) is 9.49. The molecule has 0 heterocycles. The van der Waals surface area contributed by atoms with E-state index in [2.05, 4.69) is 0 Å². The van der Waals surface area contributed by atoms with Crippen molar-refractivity contribution in [1.29, 1.82) is 0 Å². The van der Waals surface area contributed by atoms with Gasteiger partial charge in [0.05, 0.1) is 5.92 Å². The number of rotatable bonds is 6. The fourth-order valence-corrected chi connectivity index (χ4v) is 3.96. The van der Waals surface area contributed by atoms with E-state index in [9.17, 15) is 14.2 Å². The first kappa shape index (κ1) is 19.2. The average Bonchev–Trinajstić information content (AvgIpc) is 2.51. The molecule has 0 N–H and O–H groups in total. The van der Waals surface area contributed by atoms with Gasteiger partial charge in [-0.3, -0.25) is 14.2 Å². The topological polar surface area (TPSA) is 51.2 Å². The van der Waals surface area contributed by atoms with Gasteiger partial charge >= 0.3 is 0 Å². The molecule has 3 nitrogen and oxygen atoms in total. The maximum atomic E-state index is 13.2. The summed E-state index contributed by atoms with van der Waals surface area (Å²) in [7, 11) is -0.201. The third kappa shape index (κ3) is 3.93. The quantitative estimate of drug-likeness (QED) is 0.407. The van der Waals surface area contributed by atoms with E-state index in [0.717, 1.165) is 27.8 Å². The molecule has 1 atom stereocenters. The summed E-state index contributed by atoms with van der Waals surface area (Å²) >= 11 is 0. The van der Waals surface area contributed by atoms with Crippen LogP contribution in [0.15, 0.2) is 30.3 Å². The van der Waals surface area contributed by atoms with Crippen molar-refractivity contribution in [2.24, 2.45) is 5.92 Å². The Kier molecular flexibility index (Phi) is 6.02. The molecule has 0 saturated heterocycles. The fraction of sp³-hybridized carbons (Fsp3) is 0.333. The van der Waals surface area contributed by atoms with E-state index in [0.29, 0.717) is 11.1 Å². The Bertz CT molecular complexity index is 809. The Labute approximate surface area is 150 Å². The van der Waals surface area contributed by atoms with Crippen molar-refractivity contribution in [3.05, 3.63) is 69.3 Å². The highest BCUT2D eigenvalue weighted by Crippen LogP contribution is 2.26. The number of hydrogen-bond donors (Lipinski definition) is 0. The normalized spacial score (nSPS) is 12.2. The first-order valence-electron chi connectivity index (χ1n) is 8.29. The number of benzene rings is 2. The van der Waals surface area contributed by atoms with Gasteiger partial charge in [-0.05, 0) is 56.9 Å². The first-order valence-corrected chi connectivity index (χ1v) is 9.29. The number of aryl methyl sites for hydroxylation is 5. The van der Waals surface area contributed by atoms with Crippen molar-refractivity contribution in [3.63, 3.8) is 0 Å². The van der Waals surface area contributed by atoms with Crippen molar-refractivity contribution >= 4 is 20.0 Å². The van der Waals surface area contributed by atoms with Gasteiger partial charge in [-0.2, -0.15) is 0 Å².